The molecule has 2 aromatic carbocycles. The normalized spacial score (nSPS) is 18.4. The maximum Gasteiger partial charge on any atom is 0.416 e. The van der Waals surface area contributed by atoms with Gasteiger partial charge >= 0.3 is 6.18 Å². The lowest BCUT2D eigenvalue weighted by atomic mass is 9.79. The number of fused-ring (bicyclic) bond motifs is 1. The molecule has 1 N–H and O–H groups in total. The molecular weight excluding hydrogens is 339 g/mol. The van der Waals surface area contributed by atoms with Crippen molar-refractivity contribution in [2.75, 3.05) is 6.54 Å². The molecule has 0 radical (unpaired) electrons. The second-order valence-corrected chi connectivity index (χ2v) is 7.50. The minimum Gasteiger partial charge on any atom is -0.508 e. The molecule has 0 saturated heterocycles. The molecule has 4 rings (SSSR count). The number of benzene rings is 2. The van der Waals surface area contributed by atoms with E-state index in [-0.39, 0.29) is 11.7 Å². The Morgan fingerprint density at radius 1 is 1.04 bits per heavy atom. The van der Waals surface area contributed by atoms with Crippen molar-refractivity contribution >= 4 is 0 Å². The van der Waals surface area contributed by atoms with Gasteiger partial charge in [-0.2, -0.15) is 13.2 Å². The molecule has 1 aliphatic carbocycles. The van der Waals surface area contributed by atoms with Crippen LogP contribution in [-0.4, -0.2) is 16.6 Å². The quantitative estimate of drug-likeness (QED) is 0.808. The molecular formula is C21H22F3NO. The highest BCUT2D eigenvalue weighted by Crippen LogP contribution is 2.40. The van der Waals surface area contributed by atoms with Crippen molar-refractivity contribution in [2.45, 2.75) is 50.9 Å². The summed E-state index contributed by atoms with van der Waals surface area (Å²) in [6.45, 7) is 2.00. The number of nitrogens with zero attached hydrogens (tertiary/aromatic N) is 1. The van der Waals surface area contributed by atoms with Crippen LogP contribution in [0.1, 0.15) is 53.0 Å². The summed E-state index contributed by atoms with van der Waals surface area (Å²) in [5.41, 5.74) is 3.31. The Kier molecular flexibility index (Phi) is 4.43. The maximum atomic E-state index is 13.3. The van der Waals surface area contributed by atoms with E-state index in [1.807, 2.05) is 12.1 Å². The highest BCUT2D eigenvalue weighted by atomic mass is 19.4. The summed E-state index contributed by atoms with van der Waals surface area (Å²) < 4.78 is 39.9. The fraction of sp³-hybridized carbons (Fsp3) is 0.429. The van der Waals surface area contributed by atoms with E-state index in [9.17, 15) is 18.3 Å². The zero-order valence-corrected chi connectivity index (χ0v) is 14.5. The summed E-state index contributed by atoms with van der Waals surface area (Å²) >= 11 is 0. The number of alkyl halides is 3. The van der Waals surface area contributed by atoms with E-state index in [1.54, 1.807) is 12.1 Å². The average molecular weight is 361 g/mol. The standard InChI is InChI=1S/C21H22F3NO/c22-21(23,24)19-9-14(8-18(10-19)15-2-1-3-15)12-25-7-6-16-11-20(26)5-4-17(16)13-25/h4-5,8-11,15,26H,1-3,6-7,12-13H2. The van der Waals surface area contributed by atoms with Crippen molar-refractivity contribution in [2.24, 2.45) is 0 Å². The predicted octanol–water partition coefficient (Wildman–Crippen LogP) is 5.24. The third-order valence-electron chi connectivity index (χ3n) is 5.61. The van der Waals surface area contributed by atoms with Crippen LogP contribution in [0.2, 0.25) is 0 Å². The highest BCUT2D eigenvalue weighted by Gasteiger charge is 2.32. The molecule has 0 atom stereocenters. The van der Waals surface area contributed by atoms with Gasteiger partial charge in [0.15, 0.2) is 0 Å². The van der Waals surface area contributed by atoms with E-state index in [0.29, 0.717) is 13.1 Å². The number of aromatic hydroxyl groups is 1. The largest absolute Gasteiger partial charge is 0.508 e. The Labute approximate surface area is 151 Å². The lowest BCUT2D eigenvalue weighted by Gasteiger charge is -2.30. The van der Waals surface area contributed by atoms with Gasteiger partial charge in [-0.3, -0.25) is 4.90 Å². The summed E-state index contributed by atoms with van der Waals surface area (Å²) in [7, 11) is 0. The van der Waals surface area contributed by atoms with E-state index in [1.165, 1.54) is 12.1 Å². The molecule has 2 aliphatic rings. The van der Waals surface area contributed by atoms with Crippen LogP contribution in [0.25, 0.3) is 0 Å². The third kappa shape index (κ3) is 3.58. The number of rotatable bonds is 3. The van der Waals surface area contributed by atoms with E-state index in [0.717, 1.165) is 54.5 Å². The fourth-order valence-corrected chi connectivity index (χ4v) is 3.94. The molecule has 1 fully saturated rings. The number of halogens is 3. The van der Waals surface area contributed by atoms with Crippen molar-refractivity contribution in [1.82, 2.24) is 4.90 Å². The van der Waals surface area contributed by atoms with Crippen LogP contribution in [0, 0.1) is 0 Å². The molecule has 1 saturated carbocycles. The first-order valence-electron chi connectivity index (χ1n) is 9.13. The maximum absolute atomic E-state index is 13.3. The summed E-state index contributed by atoms with van der Waals surface area (Å²) in [5.74, 6) is 0.543. The smallest absolute Gasteiger partial charge is 0.416 e. The number of phenolic OH excluding ortho intramolecular Hbond substituents is 1. The van der Waals surface area contributed by atoms with Gasteiger partial charge in [0.25, 0.3) is 0 Å². The van der Waals surface area contributed by atoms with Crippen LogP contribution >= 0.6 is 0 Å². The summed E-state index contributed by atoms with van der Waals surface area (Å²) in [6, 6.07) is 9.96. The zero-order chi connectivity index (χ0) is 18.3. The summed E-state index contributed by atoms with van der Waals surface area (Å²) in [6.07, 6.45) is -0.423. The topological polar surface area (TPSA) is 23.5 Å². The molecule has 0 unspecified atom stereocenters. The molecule has 1 aliphatic heterocycles. The van der Waals surface area contributed by atoms with Gasteiger partial charge < -0.3 is 5.11 Å². The molecule has 0 spiro atoms. The number of hydrogen-bond acceptors (Lipinski definition) is 2. The van der Waals surface area contributed by atoms with Gasteiger partial charge in [0.1, 0.15) is 5.75 Å². The Balaban J connectivity index is 1.56. The summed E-state index contributed by atoms with van der Waals surface area (Å²) in [5, 5.41) is 9.59. The number of hydrogen-bond donors (Lipinski definition) is 1. The van der Waals surface area contributed by atoms with Crippen molar-refractivity contribution in [1.29, 1.82) is 0 Å². The summed E-state index contributed by atoms with van der Waals surface area (Å²) in [4.78, 5) is 2.18. The fourth-order valence-electron chi connectivity index (χ4n) is 3.94. The number of phenols is 1. The minimum atomic E-state index is -4.31. The SMILES string of the molecule is Oc1ccc2c(c1)CCN(Cc1cc(C3CCC3)cc(C(F)(F)F)c1)C2. The van der Waals surface area contributed by atoms with E-state index in [2.05, 4.69) is 4.90 Å². The van der Waals surface area contributed by atoms with Crippen molar-refractivity contribution in [3.05, 3.63) is 64.2 Å². The van der Waals surface area contributed by atoms with Crippen molar-refractivity contribution in [3.63, 3.8) is 0 Å². The molecule has 138 valence electrons. The Bertz CT molecular complexity index is 811. The van der Waals surface area contributed by atoms with Gasteiger partial charge in [-0.15, -0.1) is 0 Å². The lowest BCUT2D eigenvalue weighted by molar-refractivity contribution is -0.137. The van der Waals surface area contributed by atoms with Crippen LogP contribution in [0.15, 0.2) is 36.4 Å². The van der Waals surface area contributed by atoms with Gasteiger partial charge in [-0.1, -0.05) is 18.6 Å². The van der Waals surface area contributed by atoms with Gasteiger partial charge in [0, 0.05) is 19.6 Å². The van der Waals surface area contributed by atoms with Crippen LogP contribution in [-0.2, 0) is 25.7 Å². The van der Waals surface area contributed by atoms with Crippen molar-refractivity contribution in [3.8, 4) is 5.75 Å². The Hall–Kier alpha value is -2.01. The van der Waals surface area contributed by atoms with Gasteiger partial charge in [0.05, 0.1) is 5.56 Å². The van der Waals surface area contributed by atoms with E-state index < -0.39 is 11.7 Å². The van der Waals surface area contributed by atoms with E-state index >= 15 is 0 Å². The molecule has 0 amide bonds. The van der Waals surface area contributed by atoms with Crippen LogP contribution in [0.4, 0.5) is 13.2 Å². The van der Waals surface area contributed by atoms with E-state index in [4.69, 9.17) is 0 Å². The molecule has 0 bridgehead atoms. The van der Waals surface area contributed by atoms with Gasteiger partial charge in [-0.05, 0) is 71.7 Å². The molecule has 0 aromatic heterocycles. The lowest BCUT2D eigenvalue weighted by Crippen LogP contribution is -2.30. The first-order valence-corrected chi connectivity index (χ1v) is 9.13. The molecule has 2 nitrogen and oxygen atoms in total. The molecule has 2 aromatic rings. The Morgan fingerprint density at radius 3 is 2.54 bits per heavy atom. The monoisotopic (exact) mass is 361 g/mol. The minimum absolute atomic E-state index is 0.264. The second-order valence-electron chi connectivity index (χ2n) is 7.50. The second kappa shape index (κ2) is 6.62. The first-order chi connectivity index (χ1) is 12.4. The van der Waals surface area contributed by atoms with Gasteiger partial charge in [0.2, 0.25) is 0 Å². The third-order valence-corrected chi connectivity index (χ3v) is 5.61. The van der Waals surface area contributed by atoms with Gasteiger partial charge in [-0.25, -0.2) is 0 Å². The zero-order valence-electron chi connectivity index (χ0n) is 14.5. The highest BCUT2D eigenvalue weighted by molar-refractivity contribution is 5.37. The molecule has 5 heteroatoms. The molecule has 1 heterocycles. The Morgan fingerprint density at radius 2 is 1.85 bits per heavy atom. The average Bonchev–Trinajstić information content (AvgIpc) is 2.52. The van der Waals surface area contributed by atoms with Crippen LogP contribution < -0.4 is 0 Å². The van der Waals surface area contributed by atoms with Crippen molar-refractivity contribution < 1.29 is 18.3 Å². The van der Waals surface area contributed by atoms with Crippen LogP contribution in [0.3, 0.4) is 0 Å². The predicted molar refractivity (Wildman–Crippen MR) is 94.0 cm³/mol. The first kappa shape index (κ1) is 17.4. The molecule has 26 heavy (non-hydrogen) atoms. The van der Waals surface area contributed by atoms with Crippen LogP contribution in [0.5, 0.6) is 5.75 Å².